The van der Waals surface area contributed by atoms with Crippen LogP contribution in [-0.2, 0) is 9.59 Å². The van der Waals surface area contributed by atoms with Crippen molar-refractivity contribution < 1.29 is 14.7 Å². The summed E-state index contributed by atoms with van der Waals surface area (Å²) in [6, 6.07) is 4.08. The molecule has 24 heavy (non-hydrogen) atoms. The number of carbonyl (C=O) groups excluding carboxylic acids is 1. The molecule has 1 aliphatic rings. The largest absolute Gasteiger partial charge is 0.481 e. The van der Waals surface area contributed by atoms with E-state index in [0.29, 0.717) is 0 Å². The molecule has 0 aliphatic heterocycles. The molecule has 0 radical (unpaired) electrons. The first kappa shape index (κ1) is 18.5. The zero-order chi connectivity index (χ0) is 17.9. The van der Waals surface area contributed by atoms with Gasteiger partial charge in [0.05, 0.1) is 11.8 Å². The second kappa shape index (κ2) is 7.37. The Balaban J connectivity index is 2.29. The summed E-state index contributed by atoms with van der Waals surface area (Å²) in [4.78, 5) is 24.5. The second-order valence-corrected chi connectivity index (χ2v) is 7.55. The lowest BCUT2D eigenvalue weighted by Gasteiger charge is -2.38. The van der Waals surface area contributed by atoms with E-state index < -0.39 is 11.4 Å². The van der Waals surface area contributed by atoms with Gasteiger partial charge in [0.1, 0.15) is 0 Å². The van der Waals surface area contributed by atoms with Crippen LogP contribution in [0, 0.1) is 32.1 Å². The summed E-state index contributed by atoms with van der Waals surface area (Å²) >= 11 is 0. The van der Waals surface area contributed by atoms with Crippen LogP contribution in [0.3, 0.4) is 0 Å². The highest BCUT2D eigenvalue weighted by Crippen LogP contribution is 2.42. The molecule has 2 N–H and O–H groups in total. The van der Waals surface area contributed by atoms with Crippen LogP contribution in [0.5, 0.6) is 0 Å². The molecule has 1 fully saturated rings. The molecule has 1 atom stereocenters. The Bertz CT molecular complexity index is 609. The first-order valence-electron chi connectivity index (χ1n) is 8.85. The van der Waals surface area contributed by atoms with Crippen molar-refractivity contribution in [2.24, 2.45) is 11.3 Å². The Morgan fingerprint density at radius 3 is 2.17 bits per heavy atom. The van der Waals surface area contributed by atoms with Crippen molar-refractivity contribution in [1.29, 1.82) is 0 Å². The van der Waals surface area contributed by atoms with Crippen LogP contribution in [0.25, 0.3) is 0 Å². The van der Waals surface area contributed by atoms with Gasteiger partial charge in [-0.15, -0.1) is 0 Å². The van der Waals surface area contributed by atoms with Gasteiger partial charge >= 0.3 is 5.97 Å². The summed E-state index contributed by atoms with van der Waals surface area (Å²) in [5.41, 5.74) is 3.14. The maximum atomic E-state index is 13.1. The minimum Gasteiger partial charge on any atom is -0.481 e. The Kier molecular flexibility index (Phi) is 5.68. The smallest absolute Gasteiger partial charge is 0.304 e. The normalized spacial score (nSPS) is 18.0. The summed E-state index contributed by atoms with van der Waals surface area (Å²) in [5, 5.41) is 12.4. The van der Waals surface area contributed by atoms with Gasteiger partial charge in [-0.25, -0.2) is 0 Å². The third kappa shape index (κ3) is 3.97. The van der Waals surface area contributed by atoms with Gasteiger partial charge in [0.2, 0.25) is 5.91 Å². The van der Waals surface area contributed by atoms with E-state index in [0.717, 1.165) is 48.1 Å². The van der Waals surface area contributed by atoms with Crippen LogP contribution in [0.4, 0.5) is 5.69 Å². The molecule has 1 unspecified atom stereocenters. The molecule has 0 aromatic heterocycles. The number of hydrogen-bond acceptors (Lipinski definition) is 2. The van der Waals surface area contributed by atoms with E-state index in [9.17, 15) is 14.7 Å². The Morgan fingerprint density at radius 1 is 1.12 bits per heavy atom. The van der Waals surface area contributed by atoms with E-state index in [2.05, 4.69) is 5.32 Å². The summed E-state index contributed by atoms with van der Waals surface area (Å²) in [6.45, 7) is 7.81. The summed E-state index contributed by atoms with van der Waals surface area (Å²) in [5.74, 6) is -0.934. The predicted octanol–water partition coefficient (Wildman–Crippen LogP) is 4.61. The topological polar surface area (TPSA) is 66.4 Å². The van der Waals surface area contributed by atoms with Crippen molar-refractivity contribution in [3.05, 3.63) is 28.8 Å². The highest BCUT2D eigenvalue weighted by molar-refractivity contribution is 5.98. The first-order valence-corrected chi connectivity index (χ1v) is 8.85. The average Bonchev–Trinajstić information content (AvgIpc) is 2.50. The maximum Gasteiger partial charge on any atom is 0.304 e. The van der Waals surface area contributed by atoms with Crippen LogP contribution in [0.1, 0.15) is 62.1 Å². The molecule has 2 rings (SSSR count). The number of carbonyl (C=O) groups is 2. The van der Waals surface area contributed by atoms with Crippen LogP contribution < -0.4 is 5.32 Å². The van der Waals surface area contributed by atoms with Crippen LogP contribution in [-0.4, -0.2) is 17.0 Å². The lowest BCUT2D eigenvalue weighted by atomic mass is 9.67. The van der Waals surface area contributed by atoms with Gasteiger partial charge in [-0.2, -0.15) is 0 Å². The van der Waals surface area contributed by atoms with Crippen molar-refractivity contribution in [2.45, 2.75) is 66.2 Å². The molecular formula is C20H29NO3. The minimum atomic E-state index is -0.907. The number of amides is 1. The van der Waals surface area contributed by atoms with E-state index in [4.69, 9.17) is 0 Å². The van der Waals surface area contributed by atoms with Crippen LogP contribution in [0.2, 0.25) is 0 Å². The van der Waals surface area contributed by atoms with Crippen molar-refractivity contribution >= 4 is 17.6 Å². The Labute approximate surface area is 144 Å². The van der Waals surface area contributed by atoms with Gasteiger partial charge in [-0.1, -0.05) is 37.0 Å². The maximum absolute atomic E-state index is 13.1. The van der Waals surface area contributed by atoms with Crippen molar-refractivity contribution in [3.63, 3.8) is 0 Å². The molecule has 1 aliphatic carbocycles. The molecule has 1 aromatic rings. The molecule has 0 saturated heterocycles. The van der Waals surface area contributed by atoms with E-state index in [1.54, 1.807) is 0 Å². The fourth-order valence-corrected chi connectivity index (χ4v) is 4.10. The fraction of sp³-hybridized carbons (Fsp3) is 0.600. The summed E-state index contributed by atoms with van der Waals surface area (Å²) in [7, 11) is 0. The SMILES string of the molecule is Cc1cc(C)c(NC(=O)C(C)(CC(=O)O)C2CCCCC2)c(C)c1. The standard InChI is InChI=1S/C20H29NO3/c1-13-10-14(2)18(15(3)11-13)21-19(24)20(4,12-17(22)23)16-8-6-5-7-9-16/h10-11,16H,5-9,12H2,1-4H3,(H,21,24)(H,22,23). The van der Waals surface area contributed by atoms with Gasteiger partial charge in [0, 0.05) is 5.69 Å². The molecule has 1 amide bonds. The average molecular weight is 331 g/mol. The molecule has 1 saturated carbocycles. The quantitative estimate of drug-likeness (QED) is 0.828. The third-order valence-corrected chi connectivity index (χ3v) is 5.46. The highest BCUT2D eigenvalue weighted by Gasteiger charge is 2.43. The summed E-state index contributed by atoms with van der Waals surface area (Å²) in [6.07, 6.45) is 5.09. The fourth-order valence-electron chi connectivity index (χ4n) is 4.10. The van der Waals surface area contributed by atoms with Gasteiger partial charge in [-0.3, -0.25) is 9.59 Å². The summed E-state index contributed by atoms with van der Waals surface area (Å²) < 4.78 is 0. The lowest BCUT2D eigenvalue weighted by molar-refractivity contribution is -0.145. The molecule has 4 heteroatoms. The van der Waals surface area contributed by atoms with Crippen LogP contribution in [0.15, 0.2) is 12.1 Å². The van der Waals surface area contributed by atoms with Crippen molar-refractivity contribution in [1.82, 2.24) is 0 Å². The van der Waals surface area contributed by atoms with E-state index in [1.165, 1.54) is 6.42 Å². The highest BCUT2D eigenvalue weighted by atomic mass is 16.4. The van der Waals surface area contributed by atoms with E-state index >= 15 is 0 Å². The number of aryl methyl sites for hydroxylation is 3. The minimum absolute atomic E-state index is 0.118. The Morgan fingerprint density at radius 2 is 1.67 bits per heavy atom. The number of carboxylic acids is 1. The number of nitrogens with one attached hydrogen (secondary N) is 1. The number of anilines is 1. The van der Waals surface area contributed by atoms with Crippen molar-refractivity contribution in [3.8, 4) is 0 Å². The number of aliphatic carboxylic acids is 1. The van der Waals surface area contributed by atoms with Gasteiger partial charge in [0.15, 0.2) is 0 Å². The molecule has 4 nitrogen and oxygen atoms in total. The molecule has 0 bridgehead atoms. The number of rotatable bonds is 5. The van der Waals surface area contributed by atoms with Crippen molar-refractivity contribution in [2.75, 3.05) is 5.32 Å². The molecular weight excluding hydrogens is 302 g/mol. The van der Waals surface area contributed by atoms with Crippen LogP contribution >= 0.6 is 0 Å². The van der Waals surface area contributed by atoms with Gasteiger partial charge in [0.25, 0.3) is 0 Å². The Hall–Kier alpha value is -1.84. The second-order valence-electron chi connectivity index (χ2n) is 7.55. The zero-order valence-corrected chi connectivity index (χ0v) is 15.2. The molecule has 0 spiro atoms. The molecule has 132 valence electrons. The number of carboxylic acid groups (broad SMARTS) is 1. The van der Waals surface area contributed by atoms with Gasteiger partial charge in [-0.05, 0) is 57.6 Å². The monoisotopic (exact) mass is 331 g/mol. The molecule has 1 aromatic carbocycles. The van der Waals surface area contributed by atoms with E-state index in [-0.39, 0.29) is 18.2 Å². The predicted molar refractivity (Wildman–Crippen MR) is 96.2 cm³/mol. The van der Waals surface area contributed by atoms with Gasteiger partial charge < -0.3 is 10.4 Å². The number of hydrogen-bond donors (Lipinski definition) is 2. The number of benzene rings is 1. The lowest BCUT2D eigenvalue weighted by Crippen LogP contribution is -2.43. The third-order valence-electron chi connectivity index (χ3n) is 5.46. The molecule has 0 heterocycles. The first-order chi connectivity index (χ1) is 11.2. The van der Waals surface area contributed by atoms with E-state index in [1.807, 2.05) is 39.8 Å². The zero-order valence-electron chi connectivity index (χ0n) is 15.2.